The molecule has 3 rings (SSSR count). The Hall–Kier alpha value is -2.13. The molecule has 2 amide bonds. The van der Waals surface area contributed by atoms with Gasteiger partial charge in [-0.25, -0.2) is 8.42 Å². The van der Waals surface area contributed by atoms with Gasteiger partial charge in [-0.15, -0.1) is 0 Å². The molecule has 1 aromatic rings. The highest BCUT2D eigenvalue weighted by molar-refractivity contribution is 7.89. The zero-order valence-electron chi connectivity index (χ0n) is 18.6. The number of para-hydroxylation sites is 2. The Labute approximate surface area is 185 Å². The molecule has 1 aromatic carbocycles. The van der Waals surface area contributed by atoms with E-state index in [0.717, 1.165) is 42.8 Å². The molecule has 1 saturated carbocycles. The summed E-state index contributed by atoms with van der Waals surface area (Å²) in [5, 5.41) is 3.12. The van der Waals surface area contributed by atoms with Gasteiger partial charge in [0.05, 0.1) is 25.1 Å². The highest BCUT2D eigenvalue weighted by atomic mass is 32.2. The smallest absolute Gasteiger partial charge is 0.247 e. The molecule has 1 aliphatic heterocycles. The third kappa shape index (κ3) is 4.87. The molecule has 1 unspecified atom stereocenters. The first-order valence-corrected chi connectivity index (χ1v) is 12.6. The van der Waals surface area contributed by atoms with Crippen LogP contribution in [0.15, 0.2) is 24.3 Å². The van der Waals surface area contributed by atoms with E-state index >= 15 is 0 Å². The minimum atomic E-state index is -3.64. The molecule has 0 aromatic heterocycles. The average Bonchev–Trinajstić information content (AvgIpc) is 3.02. The third-order valence-corrected chi connectivity index (χ3v) is 8.08. The van der Waals surface area contributed by atoms with Crippen LogP contribution in [0.3, 0.4) is 0 Å². The number of nitrogens with zero attached hydrogens (tertiary/aromatic N) is 2. The summed E-state index contributed by atoms with van der Waals surface area (Å²) in [6, 6.07) is 7.02. The summed E-state index contributed by atoms with van der Waals surface area (Å²) in [6.45, 7) is 2.77. The van der Waals surface area contributed by atoms with E-state index in [1.807, 2.05) is 0 Å². The van der Waals surface area contributed by atoms with Gasteiger partial charge in [0.2, 0.25) is 21.8 Å². The number of methoxy groups -OCH3 is 1. The molecule has 2 fully saturated rings. The molecule has 0 bridgehead atoms. The van der Waals surface area contributed by atoms with Gasteiger partial charge in [-0.05, 0) is 38.8 Å². The van der Waals surface area contributed by atoms with Crippen LogP contribution in [-0.2, 0) is 19.6 Å². The number of carbonyl (C=O) groups excluding carboxylic acids is 2. The standard InChI is InChI=1S/C22H33N3O5S/c1-4-31(28,29)24-15-20(26)25(18-13-9-10-14-19(18)30-3)22(2,16-24)21(27)23-17-11-7-5-6-8-12-17/h9-10,13-14,17H,4-8,11-12,15-16H2,1-3H3,(H,23,27). The molecule has 1 N–H and O–H groups in total. The topological polar surface area (TPSA) is 96.0 Å². The maximum Gasteiger partial charge on any atom is 0.247 e. The summed E-state index contributed by atoms with van der Waals surface area (Å²) in [6.07, 6.45) is 6.18. The Morgan fingerprint density at radius 1 is 1.19 bits per heavy atom. The second-order valence-electron chi connectivity index (χ2n) is 8.51. The fourth-order valence-electron chi connectivity index (χ4n) is 4.50. The van der Waals surface area contributed by atoms with Crippen LogP contribution in [0.5, 0.6) is 5.75 Å². The van der Waals surface area contributed by atoms with Gasteiger partial charge in [-0.2, -0.15) is 4.31 Å². The Morgan fingerprint density at radius 2 is 1.84 bits per heavy atom. The van der Waals surface area contributed by atoms with Crippen molar-refractivity contribution >= 4 is 27.5 Å². The second kappa shape index (κ2) is 9.56. The fraction of sp³-hybridized carbons (Fsp3) is 0.636. The fourth-order valence-corrected chi connectivity index (χ4v) is 5.62. The molecule has 1 saturated heterocycles. The first-order chi connectivity index (χ1) is 14.7. The van der Waals surface area contributed by atoms with Crippen molar-refractivity contribution < 1.29 is 22.7 Å². The number of amides is 2. The van der Waals surface area contributed by atoms with Gasteiger partial charge in [0.1, 0.15) is 11.3 Å². The van der Waals surface area contributed by atoms with Crippen LogP contribution in [0.4, 0.5) is 5.69 Å². The zero-order valence-corrected chi connectivity index (χ0v) is 19.4. The second-order valence-corrected chi connectivity index (χ2v) is 10.8. The quantitative estimate of drug-likeness (QED) is 0.670. The summed E-state index contributed by atoms with van der Waals surface area (Å²) >= 11 is 0. The van der Waals surface area contributed by atoms with Crippen LogP contribution < -0.4 is 15.0 Å². The lowest BCUT2D eigenvalue weighted by Crippen LogP contribution is -2.71. The number of nitrogens with one attached hydrogen (secondary N) is 1. The van der Waals surface area contributed by atoms with Crippen molar-refractivity contribution in [3.05, 3.63) is 24.3 Å². The maximum atomic E-state index is 13.6. The number of carbonyl (C=O) groups is 2. The van der Waals surface area contributed by atoms with Crippen molar-refractivity contribution in [2.24, 2.45) is 0 Å². The summed E-state index contributed by atoms with van der Waals surface area (Å²) in [7, 11) is -2.14. The van der Waals surface area contributed by atoms with Gasteiger partial charge in [0.25, 0.3) is 0 Å². The van der Waals surface area contributed by atoms with E-state index in [4.69, 9.17) is 4.74 Å². The number of piperazine rings is 1. The molecule has 31 heavy (non-hydrogen) atoms. The Kier molecular flexibility index (Phi) is 7.26. The summed E-state index contributed by atoms with van der Waals surface area (Å²) < 4.78 is 31.8. The van der Waals surface area contributed by atoms with Crippen LogP contribution in [0.1, 0.15) is 52.4 Å². The molecule has 0 radical (unpaired) electrons. The minimum absolute atomic E-state index is 0.0274. The number of hydrogen-bond acceptors (Lipinski definition) is 5. The first-order valence-electron chi connectivity index (χ1n) is 11.0. The monoisotopic (exact) mass is 451 g/mol. The van der Waals surface area contributed by atoms with Crippen molar-refractivity contribution in [1.82, 2.24) is 9.62 Å². The van der Waals surface area contributed by atoms with Crippen LogP contribution in [0, 0.1) is 0 Å². The van der Waals surface area contributed by atoms with E-state index in [0.29, 0.717) is 11.4 Å². The number of hydrogen-bond donors (Lipinski definition) is 1. The zero-order chi connectivity index (χ0) is 22.6. The Bertz CT molecular complexity index is 911. The molecule has 2 aliphatic rings. The maximum absolute atomic E-state index is 13.6. The van der Waals surface area contributed by atoms with E-state index < -0.39 is 21.5 Å². The first kappa shape index (κ1) is 23.5. The summed E-state index contributed by atoms with van der Waals surface area (Å²) in [5.41, 5.74) is -0.944. The molecule has 1 heterocycles. The van der Waals surface area contributed by atoms with Gasteiger partial charge in [0.15, 0.2) is 0 Å². The van der Waals surface area contributed by atoms with E-state index in [-0.39, 0.29) is 30.8 Å². The van der Waals surface area contributed by atoms with E-state index in [9.17, 15) is 18.0 Å². The van der Waals surface area contributed by atoms with Crippen LogP contribution >= 0.6 is 0 Å². The number of sulfonamides is 1. The van der Waals surface area contributed by atoms with Crippen molar-refractivity contribution in [2.75, 3.05) is 30.9 Å². The number of rotatable bonds is 6. The molecule has 1 atom stereocenters. The van der Waals surface area contributed by atoms with Gasteiger partial charge >= 0.3 is 0 Å². The Morgan fingerprint density at radius 3 is 2.45 bits per heavy atom. The van der Waals surface area contributed by atoms with Crippen LogP contribution in [-0.4, -0.2) is 62.1 Å². The van der Waals surface area contributed by atoms with Gasteiger partial charge in [-0.1, -0.05) is 37.8 Å². The molecule has 8 nitrogen and oxygen atoms in total. The predicted octanol–water partition coefficient (Wildman–Crippen LogP) is 2.29. The van der Waals surface area contributed by atoms with Gasteiger partial charge < -0.3 is 10.1 Å². The molecule has 1 aliphatic carbocycles. The molecule has 172 valence electrons. The molecule has 0 spiro atoms. The minimum Gasteiger partial charge on any atom is -0.495 e. The van der Waals surface area contributed by atoms with E-state index in [1.165, 1.54) is 18.9 Å². The number of anilines is 1. The highest BCUT2D eigenvalue weighted by Gasteiger charge is 2.51. The summed E-state index contributed by atoms with van der Waals surface area (Å²) in [5.74, 6) is -0.466. The number of benzene rings is 1. The Balaban J connectivity index is 2.01. The third-order valence-electron chi connectivity index (χ3n) is 6.30. The lowest BCUT2D eigenvalue weighted by Gasteiger charge is -2.47. The van der Waals surface area contributed by atoms with Crippen LogP contribution in [0.25, 0.3) is 0 Å². The lowest BCUT2D eigenvalue weighted by molar-refractivity contribution is -0.133. The SMILES string of the molecule is CCS(=O)(=O)N1CC(=O)N(c2ccccc2OC)C(C)(C(=O)NC2CCCCCC2)C1. The van der Waals surface area contributed by atoms with Crippen molar-refractivity contribution in [2.45, 2.75) is 64.0 Å². The predicted molar refractivity (Wildman–Crippen MR) is 120 cm³/mol. The van der Waals surface area contributed by atoms with Gasteiger partial charge in [-0.3, -0.25) is 14.5 Å². The van der Waals surface area contributed by atoms with Crippen molar-refractivity contribution in [1.29, 1.82) is 0 Å². The molecular formula is C22H33N3O5S. The highest BCUT2D eigenvalue weighted by Crippen LogP contribution is 2.36. The van der Waals surface area contributed by atoms with Crippen LogP contribution in [0.2, 0.25) is 0 Å². The molecular weight excluding hydrogens is 418 g/mol. The van der Waals surface area contributed by atoms with Crippen molar-refractivity contribution in [3.63, 3.8) is 0 Å². The van der Waals surface area contributed by atoms with Gasteiger partial charge in [0, 0.05) is 12.6 Å². The molecule has 9 heteroatoms. The van der Waals surface area contributed by atoms with Crippen molar-refractivity contribution in [3.8, 4) is 5.75 Å². The summed E-state index contributed by atoms with van der Waals surface area (Å²) in [4.78, 5) is 28.3. The normalized spacial score (nSPS) is 24.0. The largest absolute Gasteiger partial charge is 0.495 e. The average molecular weight is 452 g/mol. The van der Waals surface area contributed by atoms with E-state index in [1.54, 1.807) is 31.2 Å². The number of ether oxygens (including phenoxy) is 1. The van der Waals surface area contributed by atoms with E-state index in [2.05, 4.69) is 5.32 Å². The lowest BCUT2D eigenvalue weighted by atomic mass is 9.93.